The van der Waals surface area contributed by atoms with Crippen LogP contribution in [0.1, 0.15) is 36.0 Å². The molecule has 1 saturated heterocycles. The molecule has 1 aliphatic rings. The summed E-state index contributed by atoms with van der Waals surface area (Å²) in [6.07, 6.45) is 2.64. The number of carbonyl (C=O) groups excluding carboxylic acids is 1. The van der Waals surface area contributed by atoms with Gasteiger partial charge in [-0.25, -0.2) is 8.42 Å². The minimum atomic E-state index is -3.75. The molecular formula is C19H20N4O4S2. The van der Waals surface area contributed by atoms with Crippen molar-refractivity contribution < 1.29 is 17.7 Å². The molecule has 1 N–H and O–H groups in total. The van der Waals surface area contributed by atoms with Crippen LogP contribution in [0.4, 0.5) is 5.69 Å². The zero-order chi connectivity index (χ0) is 20.4. The van der Waals surface area contributed by atoms with Gasteiger partial charge in [0.15, 0.2) is 0 Å². The predicted molar refractivity (Wildman–Crippen MR) is 109 cm³/mol. The van der Waals surface area contributed by atoms with Gasteiger partial charge in [0.2, 0.25) is 5.82 Å². The number of likely N-dealkylation sites (tertiary alicyclic amines) is 1. The summed E-state index contributed by atoms with van der Waals surface area (Å²) in [4.78, 5) is 18.2. The van der Waals surface area contributed by atoms with E-state index in [-0.39, 0.29) is 21.8 Å². The van der Waals surface area contributed by atoms with E-state index in [0.717, 1.165) is 29.7 Å². The molecule has 1 fully saturated rings. The Kier molecular flexibility index (Phi) is 5.37. The van der Waals surface area contributed by atoms with Crippen molar-refractivity contribution >= 4 is 33.0 Å². The van der Waals surface area contributed by atoms with Crippen molar-refractivity contribution in [3.05, 3.63) is 47.2 Å². The summed E-state index contributed by atoms with van der Waals surface area (Å²) in [6, 6.07) is 8.76. The van der Waals surface area contributed by atoms with E-state index >= 15 is 0 Å². The number of aromatic nitrogens is 2. The van der Waals surface area contributed by atoms with Gasteiger partial charge in [-0.05, 0) is 37.0 Å². The van der Waals surface area contributed by atoms with Crippen LogP contribution in [-0.4, -0.2) is 42.5 Å². The zero-order valence-electron chi connectivity index (χ0n) is 15.8. The van der Waals surface area contributed by atoms with Gasteiger partial charge in [0, 0.05) is 24.0 Å². The first-order valence-electron chi connectivity index (χ1n) is 9.30. The fraction of sp³-hybridized carbons (Fsp3) is 0.316. The van der Waals surface area contributed by atoms with Gasteiger partial charge in [0.1, 0.15) is 4.21 Å². The number of para-hydroxylation sites is 1. The first kappa shape index (κ1) is 19.6. The van der Waals surface area contributed by atoms with Crippen LogP contribution < -0.4 is 4.72 Å². The number of nitrogens with zero attached hydrogens (tertiary/aromatic N) is 3. The van der Waals surface area contributed by atoms with Gasteiger partial charge in [0.25, 0.3) is 10.0 Å². The maximum absolute atomic E-state index is 12.8. The Labute approximate surface area is 172 Å². The largest absolute Gasteiger partial charge is 0.334 e. The molecule has 0 bridgehead atoms. The summed E-state index contributed by atoms with van der Waals surface area (Å²) >= 11 is 1.06. The molecule has 0 aliphatic carbocycles. The van der Waals surface area contributed by atoms with E-state index in [1.807, 2.05) is 19.1 Å². The molecule has 0 radical (unpaired) electrons. The maximum atomic E-state index is 12.8. The zero-order valence-corrected chi connectivity index (χ0v) is 17.4. The van der Waals surface area contributed by atoms with Crippen LogP contribution in [0.15, 0.2) is 44.4 Å². The minimum absolute atomic E-state index is 0.0764. The number of thiophene rings is 1. The van der Waals surface area contributed by atoms with E-state index in [1.165, 1.54) is 6.07 Å². The Bertz CT molecular complexity index is 1130. The molecule has 8 nitrogen and oxygen atoms in total. The molecule has 0 spiro atoms. The number of hydrogen-bond acceptors (Lipinski definition) is 7. The van der Waals surface area contributed by atoms with Crippen LogP contribution in [0, 0.1) is 0 Å². The van der Waals surface area contributed by atoms with Gasteiger partial charge in [0.05, 0.1) is 5.69 Å². The van der Waals surface area contributed by atoms with Crippen LogP contribution in [0.3, 0.4) is 0 Å². The molecule has 1 amide bonds. The lowest BCUT2D eigenvalue weighted by Gasteiger charge is -2.10. The highest BCUT2D eigenvalue weighted by molar-refractivity contribution is 7.94. The third-order valence-electron chi connectivity index (χ3n) is 4.74. The van der Waals surface area contributed by atoms with Crippen molar-refractivity contribution in [2.24, 2.45) is 0 Å². The van der Waals surface area contributed by atoms with Crippen molar-refractivity contribution in [3.8, 4) is 11.4 Å². The maximum Gasteiger partial charge on any atom is 0.316 e. The first-order valence-corrected chi connectivity index (χ1v) is 11.7. The fourth-order valence-corrected chi connectivity index (χ4v) is 5.44. The molecule has 1 aromatic carbocycles. The van der Waals surface area contributed by atoms with Crippen LogP contribution in [0.25, 0.3) is 11.4 Å². The molecule has 152 valence electrons. The number of amides is 1. The van der Waals surface area contributed by atoms with Gasteiger partial charge in [-0.15, -0.1) is 11.3 Å². The summed E-state index contributed by atoms with van der Waals surface area (Å²) in [6.45, 7) is 3.33. The molecular weight excluding hydrogens is 412 g/mol. The van der Waals surface area contributed by atoms with Crippen LogP contribution in [0.5, 0.6) is 0 Å². The van der Waals surface area contributed by atoms with E-state index in [0.29, 0.717) is 30.8 Å². The highest BCUT2D eigenvalue weighted by atomic mass is 32.2. The summed E-state index contributed by atoms with van der Waals surface area (Å²) in [5.74, 6) is -0.172. The number of benzene rings is 1. The second-order valence-corrected chi connectivity index (χ2v) is 9.51. The Morgan fingerprint density at radius 3 is 2.79 bits per heavy atom. The number of carbonyl (C=O) groups is 1. The Morgan fingerprint density at radius 1 is 1.28 bits per heavy atom. The molecule has 0 atom stereocenters. The van der Waals surface area contributed by atoms with Gasteiger partial charge >= 0.3 is 11.8 Å². The van der Waals surface area contributed by atoms with E-state index in [9.17, 15) is 13.2 Å². The Balaban J connectivity index is 1.54. The standard InChI is InChI=1S/C19H20N4O4S2/c1-2-13-7-3-4-8-15(13)22-29(25,26)16-11-14(12-28-16)17-20-18(27-21-17)19(24)23-9-5-6-10-23/h3-4,7-8,11-12,22H,2,5-6,9-10H2,1H3. The van der Waals surface area contributed by atoms with Crippen LogP contribution in [-0.2, 0) is 16.4 Å². The summed E-state index contributed by atoms with van der Waals surface area (Å²) < 4.78 is 33.4. The Hall–Kier alpha value is -2.72. The SMILES string of the molecule is CCc1ccccc1NS(=O)(=O)c1cc(-c2noc(C(=O)N3CCCC3)n2)cs1. The second kappa shape index (κ2) is 7.96. The molecule has 0 unspecified atom stereocenters. The molecule has 3 heterocycles. The molecule has 2 aromatic heterocycles. The number of hydrogen-bond donors (Lipinski definition) is 1. The third-order valence-corrected chi connectivity index (χ3v) is 7.55. The van der Waals surface area contributed by atoms with Crippen molar-refractivity contribution in [3.63, 3.8) is 0 Å². The summed E-state index contributed by atoms with van der Waals surface area (Å²) in [7, 11) is -3.75. The minimum Gasteiger partial charge on any atom is -0.334 e. The third kappa shape index (κ3) is 4.03. The molecule has 1 aliphatic heterocycles. The topological polar surface area (TPSA) is 105 Å². The van der Waals surface area contributed by atoms with Crippen LogP contribution >= 0.6 is 11.3 Å². The second-order valence-electron chi connectivity index (χ2n) is 6.69. The van der Waals surface area contributed by atoms with Crippen molar-refractivity contribution in [2.75, 3.05) is 17.8 Å². The van der Waals surface area contributed by atoms with E-state index in [1.54, 1.807) is 22.4 Å². The molecule has 3 aromatic rings. The van der Waals surface area contributed by atoms with Gasteiger partial charge in [-0.3, -0.25) is 9.52 Å². The highest BCUT2D eigenvalue weighted by Gasteiger charge is 2.26. The quantitative estimate of drug-likeness (QED) is 0.640. The summed E-state index contributed by atoms with van der Waals surface area (Å²) in [5.41, 5.74) is 1.96. The predicted octanol–water partition coefficient (Wildman–Crippen LogP) is 3.40. The lowest BCUT2D eigenvalue weighted by atomic mass is 10.1. The van der Waals surface area contributed by atoms with Crippen molar-refractivity contribution in [1.29, 1.82) is 0 Å². The average molecular weight is 433 g/mol. The number of nitrogens with one attached hydrogen (secondary N) is 1. The smallest absolute Gasteiger partial charge is 0.316 e. The van der Waals surface area contributed by atoms with E-state index in [4.69, 9.17) is 4.52 Å². The molecule has 29 heavy (non-hydrogen) atoms. The Morgan fingerprint density at radius 2 is 2.03 bits per heavy atom. The lowest BCUT2D eigenvalue weighted by Crippen LogP contribution is -2.27. The van der Waals surface area contributed by atoms with Gasteiger partial charge in [-0.2, -0.15) is 4.98 Å². The molecule has 10 heteroatoms. The van der Waals surface area contributed by atoms with Gasteiger partial charge in [-0.1, -0.05) is 30.3 Å². The molecule has 4 rings (SSSR count). The van der Waals surface area contributed by atoms with Gasteiger partial charge < -0.3 is 9.42 Å². The number of sulfonamides is 1. The van der Waals surface area contributed by atoms with Crippen molar-refractivity contribution in [1.82, 2.24) is 15.0 Å². The van der Waals surface area contributed by atoms with Crippen LogP contribution in [0.2, 0.25) is 0 Å². The monoisotopic (exact) mass is 432 g/mol. The number of rotatable bonds is 6. The van der Waals surface area contributed by atoms with E-state index < -0.39 is 10.0 Å². The summed E-state index contributed by atoms with van der Waals surface area (Å²) in [5, 5.41) is 5.48. The fourth-order valence-electron chi connectivity index (χ4n) is 3.18. The lowest BCUT2D eigenvalue weighted by molar-refractivity contribution is 0.0743. The van der Waals surface area contributed by atoms with Crippen molar-refractivity contribution in [2.45, 2.75) is 30.4 Å². The molecule has 0 saturated carbocycles. The average Bonchev–Trinajstić information content (AvgIpc) is 3.49. The number of anilines is 1. The first-order chi connectivity index (χ1) is 14.0. The van der Waals surface area contributed by atoms with E-state index in [2.05, 4.69) is 14.9 Å². The normalized spacial score (nSPS) is 14.3. The number of aryl methyl sites for hydroxylation is 1. The highest BCUT2D eigenvalue weighted by Crippen LogP contribution is 2.29.